The van der Waals surface area contributed by atoms with Crippen LogP contribution in [-0.2, 0) is 17.8 Å². The lowest BCUT2D eigenvalue weighted by Gasteiger charge is -2.17. The zero-order valence-electron chi connectivity index (χ0n) is 18.1. The molecule has 176 valence electrons. The monoisotopic (exact) mass is 469 g/mol. The lowest BCUT2D eigenvalue weighted by molar-refractivity contribution is -0.274. The number of ether oxygens (including phenoxy) is 1. The Kier molecular flexibility index (Phi) is 6.56. The molecule has 0 radical (unpaired) electrons. The molecule has 1 heterocycles. The average Bonchev–Trinajstić information content (AvgIpc) is 3.10. The molecular weight excluding hydrogens is 447 g/mol. The number of hydrogen-bond donors (Lipinski definition) is 1. The van der Waals surface area contributed by atoms with Crippen LogP contribution in [0.25, 0.3) is 11.1 Å². The molecule has 3 aromatic rings. The van der Waals surface area contributed by atoms with E-state index in [-0.39, 0.29) is 24.2 Å². The predicted octanol–water partition coefficient (Wildman–Crippen LogP) is 4.72. The Hall–Kier alpha value is -3.85. The van der Waals surface area contributed by atoms with Gasteiger partial charge in [-0.1, -0.05) is 48.5 Å². The highest BCUT2D eigenvalue weighted by Gasteiger charge is 2.36. The van der Waals surface area contributed by atoms with Gasteiger partial charge in [0.05, 0.1) is 5.69 Å². The van der Waals surface area contributed by atoms with Crippen LogP contribution >= 0.6 is 0 Å². The van der Waals surface area contributed by atoms with Gasteiger partial charge in [-0.2, -0.15) is 0 Å². The van der Waals surface area contributed by atoms with Crippen LogP contribution in [0.1, 0.15) is 11.1 Å². The summed E-state index contributed by atoms with van der Waals surface area (Å²) in [4.78, 5) is 28.0. The van der Waals surface area contributed by atoms with E-state index in [1.165, 1.54) is 29.2 Å². The molecule has 4 rings (SSSR count). The van der Waals surface area contributed by atoms with Crippen molar-refractivity contribution in [2.75, 3.05) is 18.0 Å². The summed E-state index contributed by atoms with van der Waals surface area (Å²) in [6.07, 6.45) is -4.13. The molecule has 1 fully saturated rings. The topological polar surface area (TPSA) is 75.9 Å². The van der Waals surface area contributed by atoms with Gasteiger partial charge in [-0.25, -0.2) is 9.69 Å². The molecule has 1 saturated heterocycles. The number of benzene rings is 3. The zero-order chi connectivity index (χ0) is 24.3. The first-order valence-electron chi connectivity index (χ1n) is 10.6. The summed E-state index contributed by atoms with van der Waals surface area (Å²) < 4.78 is 40.8. The van der Waals surface area contributed by atoms with Crippen molar-refractivity contribution in [2.24, 2.45) is 5.73 Å². The highest BCUT2D eigenvalue weighted by atomic mass is 19.4. The highest BCUT2D eigenvalue weighted by Crippen LogP contribution is 2.29. The number of amides is 3. The van der Waals surface area contributed by atoms with E-state index in [9.17, 15) is 22.8 Å². The fraction of sp³-hybridized carbons (Fsp3) is 0.200. The summed E-state index contributed by atoms with van der Waals surface area (Å²) in [6.45, 7) is 0.876. The third-order valence-electron chi connectivity index (χ3n) is 5.51. The zero-order valence-corrected chi connectivity index (χ0v) is 18.1. The van der Waals surface area contributed by atoms with Gasteiger partial charge in [0.25, 0.3) is 5.91 Å². The number of nitrogens with zero attached hydrogens (tertiary/aromatic N) is 2. The lowest BCUT2D eigenvalue weighted by Crippen LogP contribution is -2.34. The lowest BCUT2D eigenvalue weighted by atomic mass is 10.1. The van der Waals surface area contributed by atoms with Gasteiger partial charge in [-0.3, -0.25) is 4.79 Å². The number of alkyl halides is 3. The summed E-state index contributed by atoms with van der Waals surface area (Å²) in [5.41, 5.74) is 9.51. The Labute approximate surface area is 194 Å². The van der Waals surface area contributed by atoms with Crippen LogP contribution in [0.15, 0.2) is 72.8 Å². The summed E-state index contributed by atoms with van der Waals surface area (Å²) in [5, 5.41) is 0. The van der Waals surface area contributed by atoms with Gasteiger partial charge in [0, 0.05) is 13.1 Å². The summed E-state index contributed by atoms with van der Waals surface area (Å²) in [6, 6.07) is 19.6. The van der Waals surface area contributed by atoms with Crippen LogP contribution in [0.2, 0.25) is 0 Å². The minimum atomic E-state index is -4.75. The standard InChI is InChI=1S/C25H22F3N3O3/c26-25(27,28)34-22-11-7-20(8-12-22)19-5-9-21(10-6-19)31-23(32)16-30(24(31)33)14-13-17-1-3-18(15-29)4-2-17/h1-12H,13-16,29H2. The van der Waals surface area contributed by atoms with E-state index in [0.29, 0.717) is 30.8 Å². The maximum atomic E-state index is 12.9. The van der Waals surface area contributed by atoms with Gasteiger partial charge < -0.3 is 15.4 Å². The second-order valence-corrected chi connectivity index (χ2v) is 7.82. The number of anilines is 1. The average molecular weight is 469 g/mol. The molecular formula is C25H22F3N3O3. The van der Waals surface area contributed by atoms with Crippen molar-refractivity contribution < 1.29 is 27.5 Å². The molecule has 3 amide bonds. The summed E-state index contributed by atoms with van der Waals surface area (Å²) in [5.74, 6) is -0.624. The van der Waals surface area contributed by atoms with E-state index in [2.05, 4.69) is 4.74 Å². The molecule has 0 saturated carbocycles. The minimum absolute atomic E-state index is 0.00212. The first-order chi connectivity index (χ1) is 16.2. The van der Waals surface area contributed by atoms with E-state index >= 15 is 0 Å². The largest absolute Gasteiger partial charge is 0.573 e. The number of rotatable bonds is 7. The molecule has 0 aliphatic carbocycles. The molecule has 1 aliphatic heterocycles. The fourth-order valence-corrected chi connectivity index (χ4v) is 3.74. The second-order valence-electron chi connectivity index (χ2n) is 7.82. The number of urea groups is 1. The SMILES string of the molecule is NCc1ccc(CCN2CC(=O)N(c3ccc(-c4ccc(OC(F)(F)F)cc4)cc3)C2=O)cc1. The molecule has 6 nitrogen and oxygen atoms in total. The first-order valence-corrected chi connectivity index (χ1v) is 10.6. The van der Waals surface area contributed by atoms with Crippen LogP contribution in [0.4, 0.5) is 23.7 Å². The van der Waals surface area contributed by atoms with E-state index < -0.39 is 6.36 Å². The van der Waals surface area contributed by atoms with Crippen molar-refractivity contribution in [3.05, 3.63) is 83.9 Å². The predicted molar refractivity (Wildman–Crippen MR) is 121 cm³/mol. The van der Waals surface area contributed by atoms with Crippen molar-refractivity contribution in [1.82, 2.24) is 4.90 Å². The molecule has 34 heavy (non-hydrogen) atoms. The highest BCUT2D eigenvalue weighted by molar-refractivity contribution is 6.19. The van der Waals surface area contributed by atoms with Crippen LogP contribution in [0.5, 0.6) is 5.75 Å². The van der Waals surface area contributed by atoms with Crippen molar-refractivity contribution in [3.63, 3.8) is 0 Å². The van der Waals surface area contributed by atoms with Gasteiger partial charge in [-0.15, -0.1) is 13.2 Å². The number of imide groups is 1. The number of carbonyl (C=O) groups is 2. The summed E-state index contributed by atoms with van der Waals surface area (Å²) in [7, 11) is 0. The van der Waals surface area contributed by atoms with Gasteiger partial charge in [0.2, 0.25) is 0 Å². The van der Waals surface area contributed by atoms with Gasteiger partial charge >= 0.3 is 12.4 Å². The Morgan fingerprint density at radius 1 is 0.824 bits per heavy atom. The molecule has 0 spiro atoms. The maximum absolute atomic E-state index is 12.9. The minimum Gasteiger partial charge on any atom is -0.406 e. The van der Waals surface area contributed by atoms with Crippen LogP contribution in [0, 0.1) is 0 Å². The van der Waals surface area contributed by atoms with Crippen LogP contribution in [-0.4, -0.2) is 36.3 Å². The van der Waals surface area contributed by atoms with Gasteiger partial charge in [0.1, 0.15) is 12.3 Å². The van der Waals surface area contributed by atoms with Crippen molar-refractivity contribution in [3.8, 4) is 16.9 Å². The Morgan fingerprint density at radius 3 is 1.94 bits per heavy atom. The van der Waals surface area contributed by atoms with E-state index in [4.69, 9.17) is 5.73 Å². The Morgan fingerprint density at radius 2 is 1.38 bits per heavy atom. The molecule has 3 aromatic carbocycles. The Bertz CT molecular complexity index is 1160. The van der Waals surface area contributed by atoms with Crippen LogP contribution < -0.4 is 15.4 Å². The van der Waals surface area contributed by atoms with Gasteiger partial charge in [-0.05, 0) is 52.9 Å². The molecule has 0 unspecified atom stereocenters. The van der Waals surface area contributed by atoms with Crippen molar-refractivity contribution in [2.45, 2.75) is 19.3 Å². The normalized spacial score (nSPS) is 14.1. The molecule has 0 atom stereocenters. The van der Waals surface area contributed by atoms with E-state index in [1.807, 2.05) is 24.3 Å². The molecule has 2 N–H and O–H groups in total. The van der Waals surface area contributed by atoms with Gasteiger partial charge in [0.15, 0.2) is 0 Å². The molecule has 9 heteroatoms. The van der Waals surface area contributed by atoms with E-state index in [0.717, 1.165) is 21.6 Å². The third-order valence-corrected chi connectivity index (χ3v) is 5.51. The number of halogens is 3. The quantitative estimate of drug-likeness (QED) is 0.508. The number of nitrogens with two attached hydrogens (primary N) is 1. The van der Waals surface area contributed by atoms with Crippen LogP contribution in [0.3, 0.4) is 0 Å². The Balaban J connectivity index is 1.40. The summed E-state index contributed by atoms with van der Waals surface area (Å²) >= 11 is 0. The first kappa shape index (κ1) is 23.3. The van der Waals surface area contributed by atoms with Crippen molar-refractivity contribution in [1.29, 1.82) is 0 Å². The molecule has 0 aromatic heterocycles. The molecule has 0 bridgehead atoms. The second kappa shape index (κ2) is 9.56. The maximum Gasteiger partial charge on any atom is 0.573 e. The number of carbonyl (C=O) groups excluding carboxylic acids is 2. The third kappa shape index (κ3) is 5.37. The number of hydrogen-bond acceptors (Lipinski definition) is 4. The smallest absolute Gasteiger partial charge is 0.406 e. The molecule has 1 aliphatic rings. The van der Waals surface area contributed by atoms with Crippen molar-refractivity contribution >= 4 is 17.6 Å². The van der Waals surface area contributed by atoms with E-state index in [1.54, 1.807) is 24.3 Å². The fourth-order valence-electron chi connectivity index (χ4n) is 3.74.